The maximum atomic E-state index is 13.1. The summed E-state index contributed by atoms with van der Waals surface area (Å²) in [6.07, 6.45) is 5.56. The van der Waals surface area contributed by atoms with Crippen LogP contribution in [-0.2, 0) is 12.3 Å². The van der Waals surface area contributed by atoms with Crippen molar-refractivity contribution in [3.8, 4) is 5.69 Å². The van der Waals surface area contributed by atoms with E-state index < -0.39 is 0 Å². The zero-order chi connectivity index (χ0) is 12.3. The van der Waals surface area contributed by atoms with Crippen LogP contribution < -0.4 is 0 Å². The van der Waals surface area contributed by atoms with Gasteiger partial charge in [0.05, 0.1) is 5.69 Å². The molecule has 4 heteroatoms. The Kier molecular flexibility index (Phi) is 3.79. The Morgan fingerprint density at radius 2 is 2.24 bits per heavy atom. The van der Waals surface area contributed by atoms with Gasteiger partial charge in [-0.05, 0) is 30.2 Å². The van der Waals surface area contributed by atoms with Crippen LogP contribution in [0.5, 0.6) is 0 Å². The number of hydrogen-bond acceptors (Lipinski definition) is 1. The highest BCUT2D eigenvalue weighted by atomic mass is 35.5. The molecule has 0 atom stereocenters. The van der Waals surface area contributed by atoms with Crippen molar-refractivity contribution in [3.05, 3.63) is 47.8 Å². The molecule has 0 N–H and O–H groups in total. The number of aryl methyl sites for hydroxylation is 1. The molecule has 1 aromatic carbocycles. The van der Waals surface area contributed by atoms with Crippen LogP contribution in [0.15, 0.2) is 30.6 Å². The van der Waals surface area contributed by atoms with Gasteiger partial charge in [0.15, 0.2) is 0 Å². The largest absolute Gasteiger partial charge is 0.303 e. The quantitative estimate of drug-likeness (QED) is 0.759. The van der Waals surface area contributed by atoms with E-state index in [1.807, 2.05) is 10.8 Å². The van der Waals surface area contributed by atoms with E-state index in [1.54, 1.807) is 12.3 Å². The maximum Gasteiger partial charge on any atom is 0.123 e. The van der Waals surface area contributed by atoms with Gasteiger partial charge in [-0.15, -0.1) is 11.6 Å². The first kappa shape index (κ1) is 12.1. The summed E-state index contributed by atoms with van der Waals surface area (Å²) in [5.74, 6) is 1.00. The van der Waals surface area contributed by atoms with Crippen molar-refractivity contribution in [2.45, 2.75) is 25.6 Å². The molecule has 0 spiro atoms. The highest BCUT2D eigenvalue weighted by Gasteiger charge is 2.09. The first-order chi connectivity index (χ1) is 8.26. The van der Waals surface area contributed by atoms with Crippen molar-refractivity contribution < 1.29 is 4.39 Å². The Labute approximate surface area is 105 Å². The molecule has 2 rings (SSSR count). The van der Waals surface area contributed by atoms with Crippen LogP contribution in [0.4, 0.5) is 4.39 Å². The van der Waals surface area contributed by atoms with Gasteiger partial charge in [0.2, 0.25) is 0 Å². The second-order valence-electron chi connectivity index (χ2n) is 3.87. The van der Waals surface area contributed by atoms with Gasteiger partial charge in [-0.2, -0.15) is 0 Å². The molecule has 0 unspecified atom stereocenters. The van der Waals surface area contributed by atoms with Gasteiger partial charge in [-0.25, -0.2) is 9.37 Å². The molecule has 1 aromatic heterocycles. The number of nitrogens with zero attached hydrogens (tertiary/aromatic N) is 2. The maximum absolute atomic E-state index is 13.1. The fourth-order valence-electron chi connectivity index (χ4n) is 1.86. The van der Waals surface area contributed by atoms with Crippen molar-refractivity contribution in [3.63, 3.8) is 0 Å². The predicted molar refractivity (Wildman–Crippen MR) is 67.1 cm³/mol. The summed E-state index contributed by atoms with van der Waals surface area (Å²) in [5, 5.41) is 0. The van der Waals surface area contributed by atoms with Gasteiger partial charge in [0, 0.05) is 24.7 Å². The van der Waals surface area contributed by atoms with Gasteiger partial charge in [-0.3, -0.25) is 0 Å². The second kappa shape index (κ2) is 5.32. The molecule has 2 nitrogen and oxygen atoms in total. The van der Waals surface area contributed by atoms with Crippen molar-refractivity contribution in [1.29, 1.82) is 0 Å². The highest BCUT2D eigenvalue weighted by molar-refractivity contribution is 6.17. The molecule has 0 aliphatic carbocycles. The molecular weight excluding hydrogens is 239 g/mol. The molecule has 0 saturated heterocycles. The molecule has 0 aliphatic heterocycles. The standard InChI is InChI=1S/C13H14ClFN2/c1-2-3-13-16-6-7-17(13)12-5-4-11(15)8-10(12)9-14/h4-8H,2-3,9H2,1H3. The third-order valence-corrected chi connectivity index (χ3v) is 2.92. The summed E-state index contributed by atoms with van der Waals surface area (Å²) < 4.78 is 15.1. The smallest absolute Gasteiger partial charge is 0.123 e. The summed E-state index contributed by atoms with van der Waals surface area (Å²) in [6, 6.07) is 4.66. The third-order valence-electron chi connectivity index (χ3n) is 2.64. The lowest BCUT2D eigenvalue weighted by Crippen LogP contribution is -2.03. The van der Waals surface area contributed by atoms with Gasteiger partial charge in [0.25, 0.3) is 0 Å². The molecule has 2 aromatic rings. The van der Waals surface area contributed by atoms with E-state index in [1.165, 1.54) is 12.1 Å². The Morgan fingerprint density at radius 3 is 2.94 bits per heavy atom. The first-order valence-electron chi connectivity index (χ1n) is 5.63. The van der Waals surface area contributed by atoms with E-state index in [0.29, 0.717) is 0 Å². The lowest BCUT2D eigenvalue weighted by atomic mass is 10.2. The van der Waals surface area contributed by atoms with Gasteiger partial charge < -0.3 is 4.57 Å². The Hall–Kier alpha value is -1.35. The van der Waals surface area contributed by atoms with Gasteiger partial charge >= 0.3 is 0 Å². The molecular formula is C13H14ClFN2. The average molecular weight is 253 g/mol. The number of alkyl halides is 1. The molecule has 0 fully saturated rings. The number of rotatable bonds is 4. The molecule has 0 amide bonds. The molecule has 0 saturated carbocycles. The molecule has 1 heterocycles. The Morgan fingerprint density at radius 1 is 1.41 bits per heavy atom. The van der Waals surface area contributed by atoms with Crippen LogP contribution in [0.2, 0.25) is 0 Å². The van der Waals surface area contributed by atoms with Crippen molar-refractivity contribution >= 4 is 11.6 Å². The SMILES string of the molecule is CCCc1nccn1-c1ccc(F)cc1CCl. The van der Waals surface area contributed by atoms with Gasteiger partial charge in [-0.1, -0.05) is 6.92 Å². The minimum Gasteiger partial charge on any atom is -0.303 e. The Balaban J connectivity index is 2.48. The number of halogens is 2. The van der Waals surface area contributed by atoms with Crippen LogP contribution in [0, 0.1) is 5.82 Å². The zero-order valence-corrected chi connectivity index (χ0v) is 10.4. The average Bonchev–Trinajstić information content (AvgIpc) is 2.77. The van der Waals surface area contributed by atoms with E-state index in [9.17, 15) is 4.39 Å². The third kappa shape index (κ3) is 2.50. The first-order valence-corrected chi connectivity index (χ1v) is 6.16. The number of benzene rings is 1. The van der Waals surface area contributed by atoms with Crippen LogP contribution in [0.1, 0.15) is 24.7 Å². The predicted octanol–water partition coefficient (Wildman–Crippen LogP) is 3.70. The van der Waals surface area contributed by atoms with E-state index in [4.69, 9.17) is 11.6 Å². The molecule has 0 aliphatic rings. The van der Waals surface area contributed by atoms with Crippen molar-refractivity contribution in [2.75, 3.05) is 0 Å². The minimum atomic E-state index is -0.262. The lowest BCUT2D eigenvalue weighted by Gasteiger charge is -2.11. The monoisotopic (exact) mass is 252 g/mol. The van der Waals surface area contributed by atoms with Crippen LogP contribution in [-0.4, -0.2) is 9.55 Å². The summed E-state index contributed by atoms with van der Waals surface area (Å²) in [6.45, 7) is 2.10. The molecule has 17 heavy (non-hydrogen) atoms. The van der Waals surface area contributed by atoms with E-state index in [0.717, 1.165) is 29.9 Å². The topological polar surface area (TPSA) is 17.8 Å². The van der Waals surface area contributed by atoms with E-state index >= 15 is 0 Å². The van der Waals surface area contributed by atoms with Gasteiger partial charge in [0.1, 0.15) is 11.6 Å². The van der Waals surface area contributed by atoms with Crippen molar-refractivity contribution in [2.24, 2.45) is 0 Å². The summed E-state index contributed by atoms with van der Waals surface area (Å²) in [4.78, 5) is 4.31. The molecule has 0 radical (unpaired) electrons. The zero-order valence-electron chi connectivity index (χ0n) is 9.66. The lowest BCUT2D eigenvalue weighted by molar-refractivity contribution is 0.625. The Bertz CT molecular complexity index is 508. The fraction of sp³-hybridized carbons (Fsp3) is 0.308. The minimum absolute atomic E-state index is 0.262. The van der Waals surface area contributed by atoms with Crippen molar-refractivity contribution in [1.82, 2.24) is 9.55 Å². The van der Waals surface area contributed by atoms with E-state index in [-0.39, 0.29) is 11.7 Å². The van der Waals surface area contributed by atoms with Crippen LogP contribution in [0.25, 0.3) is 5.69 Å². The number of hydrogen-bond donors (Lipinski definition) is 0. The normalized spacial score (nSPS) is 10.8. The molecule has 90 valence electrons. The highest BCUT2D eigenvalue weighted by Crippen LogP contribution is 2.20. The summed E-state index contributed by atoms with van der Waals surface area (Å²) in [5.41, 5.74) is 1.68. The van der Waals surface area contributed by atoms with E-state index in [2.05, 4.69) is 11.9 Å². The number of aromatic nitrogens is 2. The second-order valence-corrected chi connectivity index (χ2v) is 4.14. The van der Waals surface area contributed by atoms with Crippen LogP contribution >= 0.6 is 11.6 Å². The number of imidazole rings is 1. The summed E-state index contributed by atoms with van der Waals surface area (Å²) >= 11 is 5.85. The summed E-state index contributed by atoms with van der Waals surface area (Å²) in [7, 11) is 0. The molecule has 0 bridgehead atoms. The fourth-order valence-corrected chi connectivity index (χ4v) is 2.07. The van der Waals surface area contributed by atoms with Crippen LogP contribution in [0.3, 0.4) is 0 Å².